The zero-order valence-electron chi connectivity index (χ0n) is 6.99. The Morgan fingerprint density at radius 2 is 1.90 bits per heavy atom. The van der Waals surface area contributed by atoms with Crippen LogP contribution in [0.3, 0.4) is 0 Å². The van der Waals surface area contributed by atoms with Gasteiger partial charge < -0.3 is 5.41 Å². The van der Waals surface area contributed by atoms with Gasteiger partial charge in [-0.1, -0.05) is 18.2 Å². The van der Waals surface area contributed by atoms with Gasteiger partial charge in [0.2, 0.25) is 0 Å². The van der Waals surface area contributed by atoms with Crippen LogP contribution in [0.15, 0.2) is 23.8 Å². The molecule has 0 bridgehead atoms. The summed E-state index contributed by atoms with van der Waals surface area (Å²) in [5.74, 6) is 0. The Morgan fingerprint density at radius 3 is 2.20 bits per heavy atom. The van der Waals surface area contributed by atoms with Crippen LogP contribution in [0.2, 0.25) is 0 Å². The molecule has 0 rings (SSSR count). The standard InChI is InChI=1S/C9H15N/c1-7(2)5-6-8(3)9(4)10/h5,10H,3,6H2,1-2,4H3. The third-order valence-corrected chi connectivity index (χ3v) is 1.29. The van der Waals surface area contributed by atoms with Crippen molar-refractivity contribution >= 4 is 5.71 Å². The van der Waals surface area contributed by atoms with Crippen molar-refractivity contribution in [3.63, 3.8) is 0 Å². The van der Waals surface area contributed by atoms with E-state index in [-0.39, 0.29) is 0 Å². The van der Waals surface area contributed by atoms with Gasteiger partial charge in [0.25, 0.3) is 0 Å². The topological polar surface area (TPSA) is 23.9 Å². The SMILES string of the molecule is C=C(CC=C(C)C)C(C)=N. The second-order valence-electron chi connectivity index (χ2n) is 2.71. The lowest BCUT2D eigenvalue weighted by molar-refractivity contribution is 1.23. The number of nitrogens with one attached hydrogen (secondary N) is 1. The van der Waals surface area contributed by atoms with Gasteiger partial charge in [-0.3, -0.25) is 0 Å². The molecule has 0 fully saturated rings. The van der Waals surface area contributed by atoms with E-state index < -0.39 is 0 Å². The van der Waals surface area contributed by atoms with Gasteiger partial charge in [-0.05, 0) is 32.8 Å². The summed E-state index contributed by atoms with van der Waals surface area (Å²) in [4.78, 5) is 0. The molecule has 0 saturated carbocycles. The molecule has 0 unspecified atom stereocenters. The lowest BCUT2D eigenvalue weighted by Crippen LogP contribution is -1.91. The second kappa shape index (κ2) is 4.04. The van der Waals surface area contributed by atoms with Gasteiger partial charge in [0, 0.05) is 5.71 Å². The molecule has 0 aromatic heterocycles. The highest BCUT2D eigenvalue weighted by molar-refractivity contribution is 5.95. The van der Waals surface area contributed by atoms with Crippen molar-refractivity contribution in [2.24, 2.45) is 0 Å². The monoisotopic (exact) mass is 137 g/mol. The first-order valence-corrected chi connectivity index (χ1v) is 3.40. The van der Waals surface area contributed by atoms with Crippen molar-refractivity contribution in [2.45, 2.75) is 27.2 Å². The van der Waals surface area contributed by atoms with Gasteiger partial charge in [-0.15, -0.1) is 0 Å². The summed E-state index contributed by atoms with van der Waals surface area (Å²) in [6.07, 6.45) is 2.90. The van der Waals surface area contributed by atoms with Crippen LogP contribution in [0, 0.1) is 5.41 Å². The lowest BCUT2D eigenvalue weighted by Gasteiger charge is -1.97. The number of rotatable bonds is 3. The molecule has 1 nitrogen and oxygen atoms in total. The normalized spacial score (nSPS) is 8.70. The average molecular weight is 137 g/mol. The number of hydrogen-bond acceptors (Lipinski definition) is 1. The van der Waals surface area contributed by atoms with Crippen molar-refractivity contribution in [3.05, 3.63) is 23.8 Å². The molecule has 0 aliphatic heterocycles. The van der Waals surface area contributed by atoms with Gasteiger partial charge in [0.1, 0.15) is 0 Å². The molecule has 0 saturated heterocycles. The van der Waals surface area contributed by atoms with Crippen LogP contribution >= 0.6 is 0 Å². The first kappa shape index (κ1) is 9.15. The minimum atomic E-state index is 0.581. The second-order valence-corrected chi connectivity index (χ2v) is 2.71. The molecule has 0 amide bonds. The van der Waals surface area contributed by atoms with E-state index in [0.717, 1.165) is 12.0 Å². The van der Waals surface area contributed by atoms with Crippen LogP contribution in [0.25, 0.3) is 0 Å². The quantitative estimate of drug-likeness (QED) is 0.457. The molecule has 0 aliphatic rings. The highest BCUT2D eigenvalue weighted by Gasteiger charge is 1.91. The lowest BCUT2D eigenvalue weighted by atomic mass is 10.1. The highest BCUT2D eigenvalue weighted by Crippen LogP contribution is 2.03. The fourth-order valence-corrected chi connectivity index (χ4v) is 0.480. The Balaban J connectivity index is 3.83. The maximum atomic E-state index is 7.22. The van der Waals surface area contributed by atoms with Gasteiger partial charge in [-0.25, -0.2) is 0 Å². The van der Waals surface area contributed by atoms with Crippen molar-refractivity contribution < 1.29 is 0 Å². The maximum absolute atomic E-state index is 7.22. The Hall–Kier alpha value is -0.850. The fourth-order valence-electron chi connectivity index (χ4n) is 0.480. The van der Waals surface area contributed by atoms with Crippen LogP contribution in [-0.4, -0.2) is 5.71 Å². The molecule has 1 heteroatoms. The smallest absolute Gasteiger partial charge is 0.0312 e. The summed E-state index contributed by atoms with van der Waals surface area (Å²) in [6.45, 7) is 9.62. The molecule has 0 aromatic carbocycles. The largest absolute Gasteiger partial charge is 0.305 e. The summed E-state index contributed by atoms with van der Waals surface area (Å²) in [5.41, 5.74) is 2.76. The molecule has 10 heavy (non-hydrogen) atoms. The van der Waals surface area contributed by atoms with Crippen LogP contribution < -0.4 is 0 Å². The van der Waals surface area contributed by atoms with Crippen LogP contribution in [0.5, 0.6) is 0 Å². The van der Waals surface area contributed by atoms with Crippen molar-refractivity contribution in [1.82, 2.24) is 0 Å². The van der Waals surface area contributed by atoms with Crippen molar-refractivity contribution in [2.75, 3.05) is 0 Å². The average Bonchev–Trinajstić information content (AvgIpc) is 1.82. The molecular formula is C9H15N. The molecule has 0 heterocycles. The van der Waals surface area contributed by atoms with E-state index in [1.807, 2.05) is 13.8 Å². The summed E-state index contributed by atoms with van der Waals surface area (Å²) in [6, 6.07) is 0. The minimum absolute atomic E-state index is 0.581. The summed E-state index contributed by atoms with van der Waals surface area (Å²) >= 11 is 0. The number of allylic oxidation sites excluding steroid dienone is 3. The summed E-state index contributed by atoms with van der Waals surface area (Å²) < 4.78 is 0. The third kappa shape index (κ3) is 4.07. The van der Waals surface area contributed by atoms with Crippen molar-refractivity contribution in [1.29, 1.82) is 5.41 Å². The molecule has 56 valence electrons. The molecule has 0 radical (unpaired) electrons. The Bertz CT molecular complexity index is 171. The van der Waals surface area contributed by atoms with E-state index in [1.165, 1.54) is 5.57 Å². The van der Waals surface area contributed by atoms with Crippen molar-refractivity contribution in [3.8, 4) is 0 Å². The Kier molecular flexibility index (Phi) is 3.70. The van der Waals surface area contributed by atoms with E-state index in [2.05, 4.69) is 12.7 Å². The van der Waals surface area contributed by atoms with Crippen LogP contribution in [0.1, 0.15) is 27.2 Å². The zero-order chi connectivity index (χ0) is 8.15. The molecule has 0 aliphatic carbocycles. The van der Waals surface area contributed by atoms with E-state index in [1.54, 1.807) is 6.92 Å². The molecule has 0 aromatic rings. The number of hydrogen-bond donors (Lipinski definition) is 1. The Labute approximate surface area is 63.0 Å². The summed E-state index contributed by atoms with van der Waals surface area (Å²) in [5, 5.41) is 7.22. The predicted molar refractivity (Wildman–Crippen MR) is 46.6 cm³/mol. The van der Waals surface area contributed by atoms with Crippen LogP contribution in [-0.2, 0) is 0 Å². The first-order chi connectivity index (χ1) is 4.54. The van der Waals surface area contributed by atoms with E-state index in [4.69, 9.17) is 5.41 Å². The molecular weight excluding hydrogens is 122 g/mol. The van der Waals surface area contributed by atoms with Gasteiger partial charge in [0.05, 0.1) is 0 Å². The van der Waals surface area contributed by atoms with E-state index in [0.29, 0.717) is 5.71 Å². The first-order valence-electron chi connectivity index (χ1n) is 3.40. The van der Waals surface area contributed by atoms with Crippen LogP contribution in [0.4, 0.5) is 0 Å². The highest BCUT2D eigenvalue weighted by atomic mass is 14.4. The Morgan fingerprint density at radius 1 is 1.40 bits per heavy atom. The van der Waals surface area contributed by atoms with Gasteiger partial charge >= 0.3 is 0 Å². The molecule has 0 spiro atoms. The summed E-state index contributed by atoms with van der Waals surface area (Å²) in [7, 11) is 0. The molecule has 0 atom stereocenters. The maximum Gasteiger partial charge on any atom is 0.0312 e. The minimum Gasteiger partial charge on any atom is -0.305 e. The zero-order valence-corrected chi connectivity index (χ0v) is 6.99. The fraction of sp³-hybridized carbons (Fsp3) is 0.444. The predicted octanol–water partition coefficient (Wildman–Crippen LogP) is 2.94. The van der Waals surface area contributed by atoms with E-state index in [9.17, 15) is 0 Å². The van der Waals surface area contributed by atoms with E-state index >= 15 is 0 Å². The van der Waals surface area contributed by atoms with Gasteiger partial charge in [-0.2, -0.15) is 0 Å². The molecule has 1 N–H and O–H groups in total. The van der Waals surface area contributed by atoms with Gasteiger partial charge in [0.15, 0.2) is 0 Å². The third-order valence-electron chi connectivity index (χ3n) is 1.29.